The van der Waals surface area contributed by atoms with Gasteiger partial charge in [0.2, 0.25) is 11.8 Å². The van der Waals surface area contributed by atoms with E-state index in [2.05, 4.69) is 15.3 Å². The van der Waals surface area contributed by atoms with Crippen molar-refractivity contribution in [3.8, 4) is 11.6 Å². The second kappa shape index (κ2) is 13.5. The van der Waals surface area contributed by atoms with Crippen molar-refractivity contribution in [1.82, 2.24) is 20.2 Å². The molecular weight excluding hydrogens is 589 g/mol. The second-order valence-corrected chi connectivity index (χ2v) is 10.9. The van der Waals surface area contributed by atoms with Crippen LogP contribution in [0.1, 0.15) is 64.2 Å². The molecule has 2 bridgehead atoms. The zero-order chi connectivity index (χ0) is 29.3. The van der Waals surface area contributed by atoms with Gasteiger partial charge in [0.25, 0.3) is 0 Å². The van der Waals surface area contributed by atoms with Gasteiger partial charge in [0.1, 0.15) is 35.9 Å². The number of amides is 2. The molecule has 8 atom stereocenters. The molecule has 227 valence electrons. The number of alkyl carbamates (subject to hydrolysis) is 1. The van der Waals surface area contributed by atoms with Gasteiger partial charge in [-0.3, -0.25) is 4.79 Å². The Morgan fingerprint density at radius 2 is 1.88 bits per heavy atom. The van der Waals surface area contributed by atoms with Gasteiger partial charge >= 0.3 is 6.09 Å². The maximum absolute atomic E-state index is 15.8. The zero-order valence-corrected chi connectivity index (χ0v) is 25.2. The molecule has 1 saturated carbocycles. The van der Waals surface area contributed by atoms with Gasteiger partial charge in [-0.2, -0.15) is 0 Å². The minimum atomic E-state index is -2.11. The van der Waals surface area contributed by atoms with Crippen LogP contribution in [0.2, 0.25) is 0 Å². The number of halogens is 2. The molecule has 1 radical (unpaired) electrons. The van der Waals surface area contributed by atoms with Crippen LogP contribution in [-0.2, 0) is 32.9 Å². The van der Waals surface area contributed by atoms with Gasteiger partial charge in [-0.1, -0.05) is 32.7 Å². The first-order chi connectivity index (χ1) is 19.8. The first-order valence-electron chi connectivity index (χ1n) is 14.2. The third-order valence-electron chi connectivity index (χ3n) is 8.35. The number of nitrogens with zero attached hydrogens (tertiary/aromatic N) is 3. The van der Waals surface area contributed by atoms with Gasteiger partial charge in [0.05, 0.1) is 24.7 Å². The second-order valence-electron chi connectivity index (χ2n) is 10.9. The molecule has 3 aliphatic rings. The van der Waals surface area contributed by atoms with E-state index in [1.165, 1.54) is 12.0 Å². The molecule has 1 aliphatic carbocycles. The van der Waals surface area contributed by atoms with Gasteiger partial charge in [0, 0.05) is 24.6 Å². The van der Waals surface area contributed by atoms with E-state index in [4.69, 9.17) is 14.2 Å². The molecule has 0 spiro atoms. The summed E-state index contributed by atoms with van der Waals surface area (Å²) in [6, 6.07) is 3.00. The molecule has 2 aliphatic heterocycles. The monoisotopic (exact) mass is 624 g/mol. The number of hydrogen-bond donors (Lipinski definition) is 1. The average molecular weight is 625 g/mol. The molecule has 10 nitrogen and oxygen atoms in total. The number of carbonyl (C=O) groups is 2. The number of alkyl halides is 2. The van der Waals surface area contributed by atoms with Crippen molar-refractivity contribution in [2.75, 3.05) is 13.7 Å². The van der Waals surface area contributed by atoms with E-state index in [1.54, 1.807) is 25.1 Å². The van der Waals surface area contributed by atoms with E-state index < -0.39 is 48.4 Å². The fourth-order valence-electron chi connectivity index (χ4n) is 5.85. The van der Waals surface area contributed by atoms with Crippen LogP contribution in [0.5, 0.6) is 11.6 Å². The number of nitrogens with one attached hydrogen (secondary N) is 1. The number of benzene rings is 1. The summed E-state index contributed by atoms with van der Waals surface area (Å²) in [5.74, 6) is -0.626. The molecule has 3 unspecified atom stereocenters. The molecular formula is C29H35F2N4O6V-. The molecule has 42 heavy (non-hydrogen) atoms. The quantitative estimate of drug-likeness (QED) is 0.504. The molecule has 2 aromatic rings. The number of aromatic nitrogens is 2. The summed E-state index contributed by atoms with van der Waals surface area (Å²) in [5.41, 5.74) is 0.437. The van der Waals surface area contributed by atoms with Crippen LogP contribution < -0.4 is 14.8 Å². The van der Waals surface area contributed by atoms with Crippen LogP contribution in [0.15, 0.2) is 18.2 Å². The van der Waals surface area contributed by atoms with Gasteiger partial charge < -0.3 is 29.2 Å². The van der Waals surface area contributed by atoms with Crippen molar-refractivity contribution in [2.24, 2.45) is 11.8 Å². The summed E-state index contributed by atoms with van der Waals surface area (Å²) in [5, 5.41) is 2.63. The molecule has 2 fully saturated rings. The first kappa shape index (κ1) is 31.9. The molecule has 2 amide bonds. The Hall–Kier alpha value is -2.99. The number of methoxy groups -OCH3 is 1. The Morgan fingerprint density at radius 3 is 2.57 bits per heavy atom. The van der Waals surface area contributed by atoms with E-state index in [-0.39, 0.29) is 61.5 Å². The molecule has 13 heteroatoms. The first-order valence-corrected chi connectivity index (χ1v) is 14.2. The molecule has 3 heterocycles. The third-order valence-corrected chi connectivity index (χ3v) is 8.35. The minimum absolute atomic E-state index is 0. The maximum atomic E-state index is 15.8. The number of fused-ring (bicyclic) bond motifs is 5. The average Bonchev–Trinajstić information content (AvgIpc) is 3.61. The standard InChI is InChI=1S/C29H35F2N4O6.V/c1-4-17-22(14-36)35-13-24(17)40-27-26(32-20-10-9-16(39-3)12-21(20)33-27)25(31)18(30)8-6-7-15-11-23(15)41-29(38)34-19(5-2)28(35)37;/h9-10,12,15,17-19,22-25H,4-8,11,13H2,1-3H3,(H,34,38);/q-1;/t15-,17?,18?,19+,22-,23-,24+,25?;/m1./s1. The topological polar surface area (TPSA) is 120 Å². The van der Waals surface area contributed by atoms with Crippen molar-refractivity contribution < 1.29 is 55.9 Å². The van der Waals surface area contributed by atoms with Crippen molar-refractivity contribution in [3.05, 3.63) is 23.9 Å². The van der Waals surface area contributed by atoms with Crippen LogP contribution >= 0.6 is 0 Å². The van der Waals surface area contributed by atoms with E-state index in [0.717, 1.165) is 0 Å². The predicted molar refractivity (Wildman–Crippen MR) is 144 cm³/mol. The normalized spacial score (nSPS) is 31.7. The van der Waals surface area contributed by atoms with Crippen molar-refractivity contribution >= 4 is 29.3 Å². The van der Waals surface area contributed by atoms with Crippen LogP contribution in [-0.4, -0.2) is 77.3 Å². The molecule has 1 N–H and O–H groups in total. The number of rotatable bonds is 4. The van der Waals surface area contributed by atoms with Gasteiger partial charge in [-0.05, 0) is 49.7 Å². The third kappa shape index (κ3) is 6.49. The van der Waals surface area contributed by atoms with Crippen molar-refractivity contribution in [1.29, 1.82) is 0 Å². The molecule has 1 aromatic carbocycles. The van der Waals surface area contributed by atoms with E-state index >= 15 is 8.78 Å². The zero-order valence-electron chi connectivity index (χ0n) is 23.8. The summed E-state index contributed by atoms with van der Waals surface area (Å²) >= 11 is 0. The number of hydrogen-bond acceptors (Lipinski definition) is 8. The molecule has 1 aromatic heterocycles. The fourth-order valence-corrected chi connectivity index (χ4v) is 5.85. The van der Waals surface area contributed by atoms with Gasteiger partial charge in [-0.25, -0.2) is 29.8 Å². The smallest absolute Gasteiger partial charge is 0.408 e. The minimum Gasteiger partial charge on any atom is -0.540 e. The SMILES string of the molecule is CCC1[C@@H]2CN(C(=O)[C@H](CC)NC(=O)O[C@@H]3C[C@H]3CCCC(F)C(F)c3nc4ccc(OC)cc4nc3O2)[C@@H]1[C-]=O.[V]. The van der Waals surface area contributed by atoms with E-state index in [0.29, 0.717) is 42.5 Å². The van der Waals surface area contributed by atoms with Crippen molar-refractivity contribution in [2.45, 2.75) is 89.0 Å². The number of ether oxygens (including phenoxy) is 3. The van der Waals surface area contributed by atoms with Crippen LogP contribution in [0.4, 0.5) is 13.6 Å². The van der Waals surface area contributed by atoms with Gasteiger partial charge in [0.15, 0.2) is 6.17 Å². The maximum Gasteiger partial charge on any atom is 0.408 e. The van der Waals surface area contributed by atoms with E-state index in [1.807, 2.05) is 13.2 Å². The predicted octanol–water partition coefficient (Wildman–Crippen LogP) is 4.16. The van der Waals surface area contributed by atoms with Crippen LogP contribution in [0, 0.1) is 11.8 Å². The Labute approximate surface area is 255 Å². The summed E-state index contributed by atoms with van der Waals surface area (Å²) in [4.78, 5) is 48.5. The Bertz CT molecular complexity index is 1300. The summed E-state index contributed by atoms with van der Waals surface area (Å²) in [7, 11) is 1.50. The molecule has 5 rings (SSSR count). The number of carbonyl (C=O) groups excluding carboxylic acids is 3. The Kier molecular flexibility index (Phi) is 10.3. The summed E-state index contributed by atoms with van der Waals surface area (Å²) in [6.07, 6.45) is -1.63. The Morgan fingerprint density at radius 1 is 1.10 bits per heavy atom. The summed E-state index contributed by atoms with van der Waals surface area (Å²) in [6.45, 7) is 3.54. The fraction of sp³-hybridized carbons (Fsp3) is 0.621. The van der Waals surface area contributed by atoms with Gasteiger partial charge in [-0.15, -0.1) is 0 Å². The molecule has 1 saturated heterocycles. The Balaban J connectivity index is 0.00000405. The summed E-state index contributed by atoms with van der Waals surface area (Å²) < 4.78 is 48.0. The van der Waals surface area contributed by atoms with Crippen LogP contribution in [0.3, 0.4) is 0 Å². The van der Waals surface area contributed by atoms with Crippen LogP contribution in [0.25, 0.3) is 11.0 Å². The largest absolute Gasteiger partial charge is 0.540 e. The van der Waals surface area contributed by atoms with E-state index in [9.17, 15) is 14.4 Å². The van der Waals surface area contributed by atoms with Crippen molar-refractivity contribution in [3.63, 3.8) is 0 Å².